The third-order valence-corrected chi connectivity index (χ3v) is 7.03. The summed E-state index contributed by atoms with van der Waals surface area (Å²) in [6.45, 7) is 3.13. The van der Waals surface area contributed by atoms with Crippen LogP contribution in [0.15, 0.2) is 36.4 Å². The Hall–Kier alpha value is -1.82. The molecule has 1 saturated heterocycles. The minimum Gasteiger partial charge on any atom is -0.352 e. The Morgan fingerprint density at radius 1 is 1.17 bits per heavy atom. The number of rotatable bonds is 5. The number of nitrogens with zero attached hydrogens (tertiary/aromatic N) is 1. The van der Waals surface area contributed by atoms with Crippen LogP contribution < -0.4 is 5.32 Å². The van der Waals surface area contributed by atoms with Crippen molar-refractivity contribution in [3.8, 4) is 0 Å². The standard InChI is InChI=1S/C23H29F3N2O/c24-23(25,26)19-9-5-4-8-18(19)15-27-21(29)20-14-22(20)10-12-28(13-11-22)16-17-6-2-1-3-7-17/h1-2,4-5,8-9,17,20H,3,6-7,10-16H2,(H,27,29)/t17-,20+/m0/s1. The van der Waals surface area contributed by atoms with E-state index in [1.54, 1.807) is 6.07 Å². The Kier molecular flexibility index (Phi) is 5.74. The molecule has 1 saturated carbocycles. The van der Waals surface area contributed by atoms with Gasteiger partial charge in [0.2, 0.25) is 5.91 Å². The summed E-state index contributed by atoms with van der Waals surface area (Å²) >= 11 is 0. The summed E-state index contributed by atoms with van der Waals surface area (Å²) in [5.74, 6) is 0.620. The first-order valence-electron chi connectivity index (χ1n) is 10.7. The zero-order chi connectivity index (χ0) is 20.5. The monoisotopic (exact) mass is 406 g/mol. The molecule has 0 unspecified atom stereocenters. The van der Waals surface area contributed by atoms with Crippen molar-refractivity contribution in [2.24, 2.45) is 17.3 Å². The van der Waals surface area contributed by atoms with Crippen molar-refractivity contribution >= 4 is 5.91 Å². The molecule has 3 aliphatic rings. The highest BCUT2D eigenvalue weighted by atomic mass is 19.4. The quantitative estimate of drug-likeness (QED) is 0.714. The van der Waals surface area contributed by atoms with E-state index in [2.05, 4.69) is 22.4 Å². The molecule has 1 heterocycles. The third-order valence-electron chi connectivity index (χ3n) is 7.03. The molecule has 0 aromatic heterocycles. The van der Waals surface area contributed by atoms with Crippen LogP contribution in [0.4, 0.5) is 13.2 Å². The van der Waals surface area contributed by atoms with Crippen LogP contribution in [0.5, 0.6) is 0 Å². The number of likely N-dealkylation sites (tertiary alicyclic amines) is 1. The van der Waals surface area contributed by atoms with Crippen LogP contribution in [0.2, 0.25) is 0 Å². The number of halogens is 3. The van der Waals surface area contributed by atoms with Crippen LogP contribution >= 0.6 is 0 Å². The molecule has 2 aliphatic carbocycles. The summed E-state index contributed by atoms with van der Waals surface area (Å²) in [6, 6.07) is 5.46. The molecular weight excluding hydrogens is 377 g/mol. The van der Waals surface area contributed by atoms with Gasteiger partial charge >= 0.3 is 6.18 Å². The molecule has 29 heavy (non-hydrogen) atoms. The lowest BCUT2D eigenvalue weighted by atomic mass is 9.88. The largest absolute Gasteiger partial charge is 0.416 e. The molecular formula is C23H29F3N2O. The molecule has 0 radical (unpaired) electrons. The van der Waals surface area contributed by atoms with Gasteiger partial charge < -0.3 is 10.2 Å². The number of piperidine rings is 1. The summed E-state index contributed by atoms with van der Waals surface area (Å²) in [6.07, 6.45) is 6.69. The SMILES string of the molecule is O=C(NCc1ccccc1C(F)(F)F)[C@H]1CC12CCN(C[C@H]1CC=CCC1)CC2. The third kappa shape index (κ3) is 4.68. The molecule has 1 aromatic rings. The van der Waals surface area contributed by atoms with Gasteiger partial charge in [-0.3, -0.25) is 4.79 Å². The van der Waals surface area contributed by atoms with E-state index in [1.165, 1.54) is 31.4 Å². The normalized spacial score (nSPS) is 26.4. The predicted molar refractivity (Wildman–Crippen MR) is 106 cm³/mol. The lowest BCUT2D eigenvalue weighted by molar-refractivity contribution is -0.138. The van der Waals surface area contributed by atoms with Crippen LogP contribution in [0.25, 0.3) is 0 Å². The van der Waals surface area contributed by atoms with Crippen molar-refractivity contribution in [3.05, 3.63) is 47.5 Å². The minimum absolute atomic E-state index is 0.0414. The van der Waals surface area contributed by atoms with Crippen molar-refractivity contribution in [2.45, 2.75) is 51.2 Å². The number of carbonyl (C=O) groups is 1. The molecule has 158 valence electrons. The summed E-state index contributed by atoms with van der Waals surface area (Å²) in [7, 11) is 0. The highest BCUT2D eigenvalue weighted by molar-refractivity contribution is 5.82. The summed E-state index contributed by atoms with van der Waals surface area (Å²) in [5.41, 5.74) is -0.465. The molecule has 2 atom stereocenters. The Bertz CT molecular complexity index is 766. The molecule has 0 bridgehead atoms. The maximum atomic E-state index is 13.1. The number of carbonyl (C=O) groups excluding carboxylic acids is 1. The number of alkyl halides is 3. The second kappa shape index (κ2) is 8.13. The van der Waals surface area contributed by atoms with Gasteiger partial charge in [-0.15, -0.1) is 0 Å². The highest BCUT2D eigenvalue weighted by Crippen LogP contribution is 2.59. The summed E-state index contributed by atoms with van der Waals surface area (Å²) < 4.78 is 39.3. The molecule has 3 nitrogen and oxygen atoms in total. The van der Waals surface area contributed by atoms with E-state index < -0.39 is 11.7 Å². The highest BCUT2D eigenvalue weighted by Gasteiger charge is 2.58. The van der Waals surface area contributed by atoms with Gasteiger partial charge in [-0.2, -0.15) is 13.2 Å². The number of nitrogens with one attached hydrogen (secondary N) is 1. The van der Waals surface area contributed by atoms with Gasteiger partial charge in [-0.1, -0.05) is 30.4 Å². The smallest absolute Gasteiger partial charge is 0.352 e. The van der Waals surface area contributed by atoms with Crippen LogP contribution in [0, 0.1) is 17.3 Å². The van der Waals surface area contributed by atoms with E-state index in [9.17, 15) is 18.0 Å². The molecule has 1 spiro atoms. The first-order valence-corrected chi connectivity index (χ1v) is 10.7. The Labute approximate surface area is 170 Å². The van der Waals surface area contributed by atoms with Gasteiger partial charge in [0, 0.05) is 19.0 Å². The number of hydrogen-bond acceptors (Lipinski definition) is 2. The number of allylic oxidation sites excluding steroid dienone is 2. The number of benzene rings is 1. The lowest BCUT2D eigenvalue weighted by Gasteiger charge is -2.35. The number of amides is 1. The van der Waals surface area contributed by atoms with Crippen LogP contribution in [-0.4, -0.2) is 30.4 Å². The summed E-state index contributed by atoms with van der Waals surface area (Å²) in [5, 5.41) is 2.76. The molecule has 1 aliphatic heterocycles. The van der Waals surface area contributed by atoms with E-state index in [0.29, 0.717) is 0 Å². The molecule has 1 N–H and O–H groups in total. The fourth-order valence-electron chi connectivity index (χ4n) is 5.10. The molecule has 6 heteroatoms. The van der Waals surface area contributed by atoms with Gasteiger partial charge in [0.05, 0.1) is 5.56 Å². The van der Waals surface area contributed by atoms with Crippen LogP contribution in [0.3, 0.4) is 0 Å². The topological polar surface area (TPSA) is 32.3 Å². The molecule has 1 amide bonds. The van der Waals surface area contributed by atoms with E-state index in [4.69, 9.17) is 0 Å². The summed E-state index contributed by atoms with van der Waals surface area (Å²) in [4.78, 5) is 15.1. The van der Waals surface area contributed by atoms with E-state index in [1.807, 2.05) is 0 Å². The van der Waals surface area contributed by atoms with Gasteiger partial charge in [0.25, 0.3) is 0 Å². The van der Waals surface area contributed by atoms with Gasteiger partial charge in [0.1, 0.15) is 0 Å². The van der Waals surface area contributed by atoms with Crippen molar-refractivity contribution in [2.75, 3.05) is 19.6 Å². The van der Waals surface area contributed by atoms with Crippen molar-refractivity contribution < 1.29 is 18.0 Å². The zero-order valence-electron chi connectivity index (χ0n) is 16.7. The maximum absolute atomic E-state index is 13.1. The first kappa shape index (κ1) is 20.5. The minimum atomic E-state index is -4.40. The fourth-order valence-corrected chi connectivity index (χ4v) is 5.10. The van der Waals surface area contributed by atoms with Crippen LogP contribution in [-0.2, 0) is 17.5 Å². The second-order valence-corrected chi connectivity index (χ2v) is 8.94. The Balaban J connectivity index is 1.26. The van der Waals surface area contributed by atoms with Gasteiger partial charge in [0.15, 0.2) is 0 Å². The second-order valence-electron chi connectivity index (χ2n) is 8.94. The predicted octanol–water partition coefficient (Wildman–Crippen LogP) is 4.78. The molecule has 1 aromatic carbocycles. The fraction of sp³-hybridized carbons (Fsp3) is 0.609. The zero-order valence-corrected chi connectivity index (χ0v) is 16.7. The van der Waals surface area contributed by atoms with Crippen molar-refractivity contribution in [1.29, 1.82) is 0 Å². The Morgan fingerprint density at radius 2 is 1.93 bits per heavy atom. The molecule has 2 fully saturated rings. The van der Waals surface area contributed by atoms with Crippen molar-refractivity contribution in [1.82, 2.24) is 10.2 Å². The molecule has 4 rings (SSSR count). The number of hydrogen-bond donors (Lipinski definition) is 1. The first-order chi connectivity index (χ1) is 13.9. The van der Waals surface area contributed by atoms with Crippen molar-refractivity contribution in [3.63, 3.8) is 0 Å². The van der Waals surface area contributed by atoms with Gasteiger partial charge in [-0.05, 0) is 74.6 Å². The van der Waals surface area contributed by atoms with E-state index in [0.717, 1.165) is 50.9 Å². The lowest BCUT2D eigenvalue weighted by Crippen LogP contribution is -2.39. The maximum Gasteiger partial charge on any atom is 0.416 e. The van der Waals surface area contributed by atoms with Crippen LogP contribution in [0.1, 0.15) is 49.7 Å². The average molecular weight is 406 g/mol. The van der Waals surface area contributed by atoms with Gasteiger partial charge in [-0.25, -0.2) is 0 Å². The Morgan fingerprint density at radius 3 is 2.62 bits per heavy atom. The average Bonchev–Trinajstić information content (AvgIpc) is 3.42. The van der Waals surface area contributed by atoms with E-state index in [-0.39, 0.29) is 29.3 Å². The van der Waals surface area contributed by atoms with E-state index >= 15 is 0 Å².